The number of nitrogens with zero attached hydrogens (tertiary/aromatic N) is 3. The van der Waals surface area contributed by atoms with Crippen LogP contribution in [0.5, 0.6) is 5.75 Å². The van der Waals surface area contributed by atoms with E-state index in [-0.39, 0.29) is 36.1 Å². The molecule has 4 rings (SSSR count). The molecule has 1 amide bonds. The van der Waals surface area contributed by atoms with Crippen molar-refractivity contribution in [1.82, 2.24) is 19.7 Å². The summed E-state index contributed by atoms with van der Waals surface area (Å²) in [5, 5.41) is 2.86. The van der Waals surface area contributed by atoms with Gasteiger partial charge in [0.05, 0.1) is 17.5 Å². The van der Waals surface area contributed by atoms with Gasteiger partial charge in [0, 0.05) is 23.8 Å². The topological polar surface area (TPSA) is 108 Å². The number of halogens is 2. The number of aryl methyl sites for hydroxylation is 1. The first-order valence-corrected chi connectivity index (χ1v) is 10.7. The molecular formula is C24H25F2N5O3. The second kappa shape index (κ2) is 9.22. The third-order valence-corrected chi connectivity index (χ3v) is 5.69. The molecule has 0 aliphatic carbocycles. The number of carbonyl (C=O) groups excluding carboxylic acids is 1. The Labute approximate surface area is 194 Å². The fourth-order valence-corrected chi connectivity index (χ4v) is 3.41. The van der Waals surface area contributed by atoms with Gasteiger partial charge < -0.3 is 20.2 Å². The molecule has 0 bridgehead atoms. The molecule has 3 aromatic heterocycles. The van der Waals surface area contributed by atoms with E-state index in [0.717, 1.165) is 12.1 Å². The van der Waals surface area contributed by atoms with Crippen molar-refractivity contribution in [3.05, 3.63) is 71.6 Å². The van der Waals surface area contributed by atoms with Crippen LogP contribution in [0, 0.1) is 18.6 Å². The van der Waals surface area contributed by atoms with Crippen LogP contribution in [0.1, 0.15) is 42.0 Å². The van der Waals surface area contributed by atoms with Crippen molar-refractivity contribution >= 4 is 11.6 Å². The highest BCUT2D eigenvalue weighted by molar-refractivity contribution is 5.95. The molecule has 3 N–H and O–H groups in total. The molecule has 0 spiro atoms. The predicted octanol–water partition coefficient (Wildman–Crippen LogP) is 4.01. The maximum Gasteiger partial charge on any atom is 0.270 e. The number of benzene rings is 1. The van der Waals surface area contributed by atoms with E-state index in [1.54, 1.807) is 23.6 Å². The van der Waals surface area contributed by atoms with Crippen LogP contribution in [0.25, 0.3) is 17.0 Å². The van der Waals surface area contributed by atoms with Gasteiger partial charge in [-0.15, -0.1) is 0 Å². The minimum Gasteiger partial charge on any atom is -0.485 e. The van der Waals surface area contributed by atoms with Gasteiger partial charge in [0.1, 0.15) is 23.9 Å². The third kappa shape index (κ3) is 4.62. The first-order chi connectivity index (χ1) is 16.2. The van der Waals surface area contributed by atoms with E-state index in [1.165, 1.54) is 18.7 Å². The zero-order chi connectivity index (χ0) is 24.5. The number of nitrogens with one attached hydrogen (secondary N) is 1. The highest BCUT2D eigenvalue weighted by Gasteiger charge is 2.24. The summed E-state index contributed by atoms with van der Waals surface area (Å²) in [5.41, 5.74) is 6.97. The average molecular weight is 469 g/mol. The molecule has 8 nitrogen and oxygen atoms in total. The molecule has 0 radical (unpaired) electrons. The molecule has 0 saturated heterocycles. The minimum atomic E-state index is -0.720. The van der Waals surface area contributed by atoms with Gasteiger partial charge in [0.15, 0.2) is 23.6 Å². The first kappa shape index (κ1) is 23.4. The summed E-state index contributed by atoms with van der Waals surface area (Å²) < 4.78 is 41.0. The molecule has 3 heterocycles. The molecule has 178 valence electrons. The lowest BCUT2D eigenvalue weighted by Crippen LogP contribution is -2.47. The maximum atomic E-state index is 14.1. The fraction of sp³-hybridized carbons (Fsp3) is 0.292. The number of nitrogens with two attached hydrogens (primary N) is 1. The van der Waals surface area contributed by atoms with Crippen molar-refractivity contribution in [2.45, 2.75) is 39.3 Å². The van der Waals surface area contributed by atoms with Crippen molar-refractivity contribution in [2.75, 3.05) is 6.54 Å². The third-order valence-electron chi connectivity index (χ3n) is 5.69. The van der Waals surface area contributed by atoms with E-state index >= 15 is 0 Å². The van der Waals surface area contributed by atoms with Crippen molar-refractivity contribution in [3.63, 3.8) is 0 Å². The Morgan fingerprint density at radius 2 is 2.06 bits per heavy atom. The van der Waals surface area contributed by atoms with E-state index in [1.807, 2.05) is 13.8 Å². The maximum absolute atomic E-state index is 14.1. The highest BCUT2D eigenvalue weighted by Crippen LogP contribution is 2.30. The molecule has 0 fully saturated rings. The van der Waals surface area contributed by atoms with Gasteiger partial charge in [0.25, 0.3) is 5.91 Å². The minimum absolute atomic E-state index is 0.214. The summed E-state index contributed by atoms with van der Waals surface area (Å²) in [4.78, 5) is 21.5. The zero-order valence-corrected chi connectivity index (χ0v) is 19.1. The van der Waals surface area contributed by atoms with Crippen LogP contribution in [0.2, 0.25) is 0 Å². The lowest BCUT2D eigenvalue weighted by atomic mass is 10.0. The van der Waals surface area contributed by atoms with E-state index in [2.05, 4.69) is 15.3 Å². The molecule has 10 heteroatoms. The van der Waals surface area contributed by atoms with Crippen molar-refractivity contribution in [3.8, 4) is 17.1 Å². The molecule has 0 aliphatic heterocycles. The van der Waals surface area contributed by atoms with Gasteiger partial charge in [-0.05, 0) is 38.5 Å². The summed E-state index contributed by atoms with van der Waals surface area (Å²) in [6.45, 7) is 5.38. The fourth-order valence-electron chi connectivity index (χ4n) is 3.41. The Bertz CT molecular complexity index is 1310. The zero-order valence-electron chi connectivity index (χ0n) is 19.1. The van der Waals surface area contributed by atoms with Crippen LogP contribution in [0.15, 0.2) is 47.5 Å². The number of rotatable bonds is 8. The second-order valence-corrected chi connectivity index (χ2v) is 8.38. The lowest BCUT2D eigenvalue weighted by Gasteiger charge is -2.22. The second-order valence-electron chi connectivity index (χ2n) is 8.38. The molecule has 4 aromatic rings. The van der Waals surface area contributed by atoms with Crippen LogP contribution in [0.4, 0.5) is 8.78 Å². The highest BCUT2D eigenvalue weighted by atomic mass is 19.1. The number of imidazole rings is 1. The van der Waals surface area contributed by atoms with E-state index in [4.69, 9.17) is 14.9 Å². The van der Waals surface area contributed by atoms with Gasteiger partial charge in [-0.3, -0.25) is 9.20 Å². The standard InChI is InChI=1S/C24H25F2N5O3/c1-4-24(3,27)12-29-23(32)21-14(2)30-22-19(33-11-16-17(25)6-5-7-18(16)26)8-15(10-31(21)22)20-9-28-13-34-20/h5-10,13H,4,11-12,27H2,1-3H3,(H,29,32). The van der Waals surface area contributed by atoms with Gasteiger partial charge >= 0.3 is 0 Å². The SMILES string of the molecule is CCC(C)(N)CNC(=O)c1c(C)nc2c(OCc3c(F)cccc3F)cc(-c3cnco3)cn12. The predicted molar refractivity (Wildman–Crippen MR) is 121 cm³/mol. The molecule has 0 aliphatic rings. The first-order valence-electron chi connectivity index (χ1n) is 10.7. The Balaban J connectivity index is 1.76. The molecule has 0 saturated carbocycles. The van der Waals surface area contributed by atoms with Crippen LogP contribution < -0.4 is 15.8 Å². The average Bonchev–Trinajstić information content (AvgIpc) is 3.45. The Kier molecular flexibility index (Phi) is 6.34. The largest absolute Gasteiger partial charge is 0.485 e. The molecule has 34 heavy (non-hydrogen) atoms. The summed E-state index contributed by atoms with van der Waals surface area (Å²) in [6.07, 6.45) is 5.13. The van der Waals surface area contributed by atoms with Crippen molar-refractivity contribution < 1.29 is 22.7 Å². The van der Waals surface area contributed by atoms with Crippen LogP contribution in [-0.4, -0.2) is 32.4 Å². The van der Waals surface area contributed by atoms with Crippen LogP contribution >= 0.6 is 0 Å². The summed E-state index contributed by atoms with van der Waals surface area (Å²) >= 11 is 0. The van der Waals surface area contributed by atoms with E-state index in [9.17, 15) is 13.6 Å². The number of ether oxygens (including phenoxy) is 1. The number of fused-ring (bicyclic) bond motifs is 1. The Hall–Kier alpha value is -3.79. The Morgan fingerprint density at radius 1 is 1.32 bits per heavy atom. The number of hydrogen-bond acceptors (Lipinski definition) is 6. The van der Waals surface area contributed by atoms with Crippen molar-refractivity contribution in [2.24, 2.45) is 5.73 Å². The van der Waals surface area contributed by atoms with E-state index < -0.39 is 17.2 Å². The number of carbonyl (C=O) groups is 1. The van der Waals surface area contributed by atoms with Crippen LogP contribution in [0.3, 0.4) is 0 Å². The normalized spacial score (nSPS) is 13.1. The Morgan fingerprint density at radius 3 is 2.71 bits per heavy atom. The number of amides is 1. The lowest BCUT2D eigenvalue weighted by molar-refractivity contribution is 0.0937. The smallest absolute Gasteiger partial charge is 0.270 e. The number of oxazole rings is 1. The molecule has 1 atom stereocenters. The van der Waals surface area contributed by atoms with Crippen LogP contribution in [-0.2, 0) is 6.61 Å². The van der Waals surface area contributed by atoms with E-state index in [0.29, 0.717) is 29.1 Å². The summed E-state index contributed by atoms with van der Waals surface area (Å²) in [5.74, 6) is -1.17. The summed E-state index contributed by atoms with van der Waals surface area (Å²) in [7, 11) is 0. The van der Waals surface area contributed by atoms with Gasteiger partial charge in [-0.1, -0.05) is 13.0 Å². The quantitative estimate of drug-likeness (QED) is 0.404. The molecular weight excluding hydrogens is 444 g/mol. The molecule has 1 aromatic carbocycles. The number of pyridine rings is 1. The van der Waals surface area contributed by atoms with Crippen molar-refractivity contribution in [1.29, 1.82) is 0 Å². The van der Waals surface area contributed by atoms with Gasteiger partial charge in [-0.25, -0.2) is 18.7 Å². The number of hydrogen-bond donors (Lipinski definition) is 2. The van der Waals surface area contributed by atoms with Gasteiger partial charge in [0.2, 0.25) is 0 Å². The van der Waals surface area contributed by atoms with Gasteiger partial charge in [-0.2, -0.15) is 0 Å². The number of aromatic nitrogens is 3. The summed E-state index contributed by atoms with van der Waals surface area (Å²) in [6, 6.07) is 5.22. The monoisotopic (exact) mass is 469 g/mol. The molecule has 1 unspecified atom stereocenters.